The molecule has 0 radical (unpaired) electrons. The van der Waals surface area contributed by atoms with E-state index in [4.69, 9.17) is 4.42 Å². The van der Waals surface area contributed by atoms with Crippen molar-refractivity contribution >= 4 is 28.3 Å². The lowest BCUT2D eigenvalue weighted by Crippen LogP contribution is -2.11. The summed E-state index contributed by atoms with van der Waals surface area (Å²) in [4.78, 5) is 25.2. The Kier molecular flexibility index (Phi) is 4.72. The van der Waals surface area contributed by atoms with E-state index in [2.05, 4.69) is 5.32 Å². The molecule has 1 amide bonds. The maximum absolute atomic E-state index is 13.0. The SMILES string of the molecule is Cc1ccc(C(=O)c2oc3cc(NC(=O)c4ccc(F)cc4)ccc3c2C)cc1. The van der Waals surface area contributed by atoms with Gasteiger partial charge in [0.2, 0.25) is 5.78 Å². The molecule has 3 aromatic carbocycles. The Balaban J connectivity index is 1.63. The summed E-state index contributed by atoms with van der Waals surface area (Å²) in [5.74, 6) is -0.662. The van der Waals surface area contributed by atoms with Gasteiger partial charge in [-0.25, -0.2) is 4.39 Å². The van der Waals surface area contributed by atoms with Crippen LogP contribution in [-0.4, -0.2) is 11.7 Å². The Bertz CT molecular complexity index is 1220. The zero-order valence-electron chi connectivity index (χ0n) is 16.0. The van der Waals surface area contributed by atoms with Crippen LogP contribution in [-0.2, 0) is 0 Å². The number of carbonyl (C=O) groups excluding carboxylic acids is 2. The molecule has 0 saturated heterocycles. The Labute approximate surface area is 167 Å². The quantitative estimate of drug-likeness (QED) is 0.459. The first kappa shape index (κ1) is 18.6. The minimum absolute atomic E-state index is 0.185. The standard InChI is InChI=1S/C24H18FNO3/c1-14-3-5-16(6-4-14)22(27)23-15(2)20-12-11-19(13-21(20)29-23)26-24(28)17-7-9-18(25)10-8-17/h3-13H,1-2H3,(H,26,28). The topological polar surface area (TPSA) is 59.3 Å². The van der Waals surface area contributed by atoms with Crippen molar-refractivity contribution < 1.29 is 18.4 Å². The molecule has 0 bridgehead atoms. The number of rotatable bonds is 4. The number of halogens is 1. The van der Waals surface area contributed by atoms with E-state index >= 15 is 0 Å². The van der Waals surface area contributed by atoms with Crippen LogP contribution >= 0.6 is 0 Å². The van der Waals surface area contributed by atoms with Crippen LogP contribution < -0.4 is 5.32 Å². The molecule has 0 fully saturated rings. The number of carbonyl (C=O) groups is 2. The summed E-state index contributed by atoms with van der Waals surface area (Å²) >= 11 is 0. The molecule has 4 aromatic rings. The van der Waals surface area contributed by atoms with E-state index in [1.165, 1.54) is 24.3 Å². The summed E-state index contributed by atoms with van der Waals surface area (Å²) in [6.45, 7) is 3.80. The molecule has 0 aliphatic carbocycles. The summed E-state index contributed by atoms with van der Waals surface area (Å²) in [6.07, 6.45) is 0. The lowest BCUT2D eigenvalue weighted by molar-refractivity contribution is 0.101. The number of anilines is 1. The Morgan fingerprint density at radius 2 is 1.52 bits per heavy atom. The first-order valence-electron chi connectivity index (χ1n) is 9.14. The predicted octanol–water partition coefficient (Wildman–Crippen LogP) is 5.67. The first-order chi connectivity index (χ1) is 13.9. The second-order valence-electron chi connectivity index (χ2n) is 6.92. The largest absolute Gasteiger partial charge is 0.452 e. The number of hydrogen-bond acceptors (Lipinski definition) is 3. The number of benzene rings is 3. The van der Waals surface area contributed by atoms with Crippen molar-refractivity contribution in [2.75, 3.05) is 5.32 Å². The van der Waals surface area contributed by atoms with Crippen molar-refractivity contribution in [1.29, 1.82) is 0 Å². The average Bonchev–Trinajstić information content (AvgIpc) is 3.04. The highest BCUT2D eigenvalue weighted by Crippen LogP contribution is 2.29. The minimum atomic E-state index is -0.403. The van der Waals surface area contributed by atoms with E-state index in [0.717, 1.165) is 16.5 Å². The monoisotopic (exact) mass is 387 g/mol. The predicted molar refractivity (Wildman–Crippen MR) is 110 cm³/mol. The number of furan rings is 1. The molecule has 5 heteroatoms. The highest BCUT2D eigenvalue weighted by atomic mass is 19.1. The molecule has 0 unspecified atom stereocenters. The fourth-order valence-corrected chi connectivity index (χ4v) is 3.16. The average molecular weight is 387 g/mol. The maximum atomic E-state index is 13.0. The van der Waals surface area contributed by atoms with Gasteiger partial charge < -0.3 is 9.73 Å². The number of ketones is 1. The third kappa shape index (κ3) is 3.67. The Morgan fingerprint density at radius 1 is 0.862 bits per heavy atom. The van der Waals surface area contributed by atoms with Crippen LogP contribution in [0.2, 0.25) is 0 Å². The second-order valence-corrected chi connectivity index (χ2v) is 6.92. The van der Waals surface area contributed by atoms with Gasteiger partial charge >= 0.3 is 0 Å². The number of fused-ring (bicyclic) bond motifs is 1. The molecule has 1 heterocycles. The number of hydrogen-bond donors (Lipinski definition) is 1. The van der Waals surface area contributed by atoms with Crippen LogP contribution in [0.25, 0.3) is 11.0 Å². The van der Waals surface area contributed by atoms with Crippen molar-refractivity contribution in [2.24, 2.45) is 0 Å². The molecule has 4 rings (SSSR count). The van der Waals surface area contributed by atoms with Gasteiger partial charge in [-0.05, 0) is 50.2 Å². The van der Waals surface area contributed by atoms with Gasteiger partial charge in [0, 0.05) is 33.8 Å². The maximum Gasteiger partial charge on any atom is 0.255 e. The van der Waals surface area contributed by atoms with Crippen LogP contribution in [0, 0.1) is 19.7 Å². The molecule has 0 spiro atoms. The minimum Gasteiger partial charge on any atom is -0.452 e. The van der Waals surface area contributed by atoms with Gasteiger partial charge in [0.25, 0.3) is 5.91 Å². The summed E-state index contributed by atoms with van der Waals surface area (Å²) in [6, 6.07) is 17.8. The normalized spacial score (nSPS) is 10.9. The van der Waals surface area contributed by atoms with Gasteiger partial charge in [-0.2, -0.15) is 0 Å². The van der Waals surface area contributed by atoms with Gasteiger partial charge in [-0.15, -0.1) is 0 Å². The van der Waals surface area contributed by atoms with E-state index in [0.29, 0.717) is 22.4 Å². The smallest absolute Gasteiger partial charge is 0.255 e. The zero-order valence-corrected chi connectivity index (χ0v) is 16.0. The van der Waals surface area contributed by atoms with Crippen LogP contribution in [0.15, 0.2) is 71.1 Å². The van der Waals surface area contributed by atoms with E-state index in [9.17, 15) is 14.0 Å². The number of amides is 1. The number of aryl methyl sites for hydroxylation is 2. The molecule has 0 saturated carbocycles. The molecule has 29 heavy (non-hydrogen) atoms. The van der Waals surface area contributed by atoms with Crippen LogP contribution in [0.1, 0.15) is 37.6 Å². The molecular formula is C24H18FNO3. The molecule has 1 aromatic heterocycles. The van der Waals surface area contributed by atoms with Crippen molar-refractivity contribution in [3.63, 3.8) is 0 Å². The van der Waals surface area contributed by atoms with E-state index < -0.39 is 5.82 Å². The molecule has 0 aliphatic rings. The molecule has 0 atom stereocenters. The van der Waals surface area contributed by atoms with Crippen LogP contribution in [0.3, 0.4) is 0 Å². The third-order valence-corrected chi connectivity index (χ3v) is 4.82. The Hall–Kier alpha value is -3.73. The van der Waals surface area contributed by atoms with Gasteiger partial charge in [0.05, 0.1) is 0 Å². The van der Waals surface area contributed by atoms with Gasteiger partial charge in [-0.1, -0.05) is 29.8 Å². The highest BCUT2D eigenvalue weighted by Gasteiger charge is 2.19. The fourth-order valence-electron chi connectivity index (χ4n) is 3.16. The van der Waals surface area contributed by atoms with E-state index in [-0.39, 0.29) is 17.5 Å². The third-order valence-electron chi connectivity index (χ3n) is 4.82. The van der Waals surface area contributed by atoms with Crippen molar-refractivity contribution in [1.82, 2.24) is 0 Å². The van der Waals surface area contributed by atoms with E-state index in [1.807, 2.05) is 26.0 Å². The molecule has 144 valence electrons. The summed E-state index contributed by atoms with van der Waals surface area (Å²) in [5, 5.41) is 3.57. The molecule has 4 nitrogen and oxygen atoms in total. The first-order valence-corrected chi connectivity index (χ1v) is 9.14. The Morgan fingerprint density at radius 3 is 2.21 bits per heavy atom. The second kappa shape index (κ2) is 7.36. The highest BCUT2D eigenvalue weighted by molar-refractivity contribution is 6.11. The van der Waals surface area contributed by atoms with Gasteiger partial charge in [0.1, 0.15) is 11.4 Å². The van der Waals surface area contributed by atoms with Crippen LogP contribution in [0.4, 0.5) is 10.1 Å². The summed E-state index contributed by atoms with van der Waals surface area (Å²) in [5.41, 5.74) is 3.76. The number of nitrogens with one attached hydrogen (secondary N) is 1. The lowest BCUT2D eigenvalue weighted by atomic mass is 10.0. The molecule has 0 aliphatic heterocycles. The fraction of sp³-hybridized carbons (Fsp3) is 0.0833. The summed E-state index contributed by atoms with van der Waals surface area (Å²) in [7, 11) is 0. The van der Waals surface area contributed by atoms with Gasteiger partial charge in [0.15, 0.2) is 5.76 Å². The van der Waals surface area contributed by atoms with Gasteiger partial charge in [-0.3, -0.25) is 9.59 Å². The van der Waals surface area contributed by atoms with Crippen molar-refractivity contribution in [3.05, 3.63) is 101 Å². The zero-order chi connectivity index (χ0) is 20.5. The lowest BCUT2D eigenvalue weighted by Gasteiger charge is -2.05. The molecule has 1 N–H and O–H groups in total. The van der Waals surface area contributed by atoms with E-state index in [1.54, 1.807) is 30.3 Å². The summed E-state index contributed by atoms with van der Waals surface area (Å²) < 4.78 is 18.9. The van der Waals surface area contributed by atoms with Crippen molar-refractivity contribution in [3.8, 4) is 0 Å². The van der Waals surface area contributed by atoms with Crippen molar-refractivity contribution in [2.45, 2.75) is 13.8 Å². The van der Waals surface area contributed by atoms with Crippen LogP contribution in [0.5, 0.6) is 0 Å². The molecular weight excluding hydrogens is 369 g/mol.